The van der Waals surface area contributed by atoms with Crippen LogP contribution in [0.25, 0.3) is 0 Å². The first-order valence-corrected chi connectivity index (χ1v) is 5.59. The highest BCUT2D eigenvalue weighted by Crippen LogP contribution is 2.21. The van der Waals surface area contributed by atoms with E-state index in [1.807, 2.05) is 13.1 Å². The van der Waals surface area contributed by atoms with Crippen molar-refractivity contribution in [3.8, 4) is 0 Å². The zero-order valence-electron chi connectivity index (χ0n) is 8.16. The van der Waals surface area contributed by atoms with Crippen molar-refractivity contribution in [3.63, 3.8) is 0 Å². The minimum Gasteiger partial charge on any atom is -0.358 e. The smallest absolute Gasteiger partial charge is 0.252 e. The Hall–Kier alpha value is -0.770. The Bertz CT molecular complexity index is 394. The molecular weight excluding hydrogens is 244 g/mol. The summed E-state index contributed by atoms with van der Waals surface area (Å²) in [4.78, 5) is 13.8. The fourth-order valence-electron chi connectivity index (χ4n) is 1.84. The molecule has 0 saturated carbocycles. The zero-order valence-corrected chi connectivity index (χ0v) is 9.75. The van der Waals surface area contributed by atoms with Crippen LogP contribution in [-0.4, -0.2) is 17.7 Å². The van der Waals surface area contributed by atoms with E-state index in [0.717, 1.165) is 23.4 Å². The molecule has 0 amide bonds. The molecule has 1 aliphatic heterocycles. The summed E-state index contributed by atoms with van der Waals surface area (Å²) in [5.74, 6) is 1.02. The summed E-state index contributed by atoms with van der Waals surface area (Å²) in [7, 11) is 1.82. The molecule has 0 aliphatic carbocycles. The standard InChI is InChI=1S/C10H13BrN2O/c1-12-9(13-4-2-3-5-13)6-8(11)7-10(12)14/h6-7H,2-5H2,1H3. The van der Waals surface area contributed by atoms with E-state index in [2.05, 4.69) is 20.8 Å². The summed E-state index contributed by atoms with van der Waals surface area (Å²) in [5.41, 5.74) is 0.0428. The molecule has 1 aliphatic rings. The van der Waals surface area contributed by atoms with Crippen LogP contribution in [0.15, 0.2) is 21.4 Å². The van der Waals surface area contributed by atoms with E-state index in [4.69, 9.17) is 0 Å². The highest BCUT2D eigenvalue weighted by atomic mass is 79.9. The average molecular weight is 257 g/mol. The molecule has 0 unspecified atom stereocenters. The van der Waals surface area contributed by atoms with Gasteiger partial charge in [0.2, 0.25) is 0 Å². The first-order valence-electron chi connectivity index (χ1n) is 4.80. The average Bonchev–Trinajstić information content (AvgIpc) is 2.63. The van der Waals surface area contributed by atoms with Crippen molar-refractivity contribution < 1.29 is 0 Å². The first kappa shape index (κ1) is 9.77. The summed E-state index contributed by atoms with van der Waals surface area (Å²) < 4.78 is 2.57. The van der Waals surface area contributed by atoms with Gasteiger partial charge < -0.3 is 4.90 Å². The number of nitrogens with zero attached hydrogens (tertiary/aromatic N) is 2. The third-order valence-electron chi connectivity index (χ3n) is 2.63. The second-order valence-electron chi connectivity index (χ2n) is 3.62. The van der Waals surface area contributed by atoms with E-state index in [1.165, 1.54) is 12.8 Å². The van der Waals surface area contributed by atoms with Crippen LogP contribution in [0.4, 0.5) is 5.82 Å². The molecule has 0 atom stereocenters. The van der Waals surface area contributed by atoms with Crippen molar-refractivity contribution in [1.82, 2.24) is 4.57 Å². The topological polar surface area (TPSA) is 25.2 Å². The Kier molecular flexibility index (Phi) is 2.63. The Morgan fingerprint density at radius 3 is 2.57 bits per heavy atom. The third-order valence-corrected chi connectivity index (χ3v) is 3.09. The van der Waals surface area contributed by atoms with Gasteiger partial charge in [0, 0.05) is 30.7 Å². The number of rotatable bonds is 1. The van der Waals surface area contributed by atoms with Gasteiger partial charge in [-0.3, -0.25) is 9.36 Å². The van der Waals surface area contributed by atoms with E-state index < -0.39 is 0 Å². The van der Waals surface area contributed by atoms with Crippen LogP contribution in [0, 0.1) is 0 Å². The van der Waals surface area contributed by atoms with Gasteiger partial charge >= 0.3 is 0 Å². The molecular formula is C10H13BrN2O. The summed E-state index contributed by atoms with van der Waals surface area (Å²) >= 11 is 3.35. The summed E-state index contributed by atoms with van der Waals surface area (Å²) in [6, 6.07) is 3.60. The molecule has 1 fully saturated rings. The largest absolute Gasteiger partial charge is 0.358 e. The van der Waals surface area contributed by atoms with Crippen LogP contribution in [0.1, 0.15) is 12.8 Å². The Balaban J connectivity index is 2.45. The van der Waals surface area contributed by atoms with Crippen molar-refractivity contribution in [2.75, 3.05) is 18.0 Å². The van der Waals surface area contributed by atoms with E-state index in [9.17, 15) is 4.79 Å². The fraction of sp³-hybridized carbons (Fsp3) is 0.500. The molecule has 2 heterocycles. The predicted octanol–water partition coefficient (Wildman–Crippen LogP) is 1.75. The number of hydrogen-bond donors (Lipinski definition) is 0. The molecule has 14 heavy (non-hydrogen) atoms. The van der Waals surface area contributed by atoms with Gasteiger partial charge in [-0.15, -0.1) is 0 Å². The lowest BCUT2D eigenvalue weighted by Gasteiger charge is -2.20. The Labute approximate surface area is 91.5 Å². The quantitative estimate of drug-likeness (QED) is 0.765. The van der Waals surface area contributed by atoms with Crippen LogP contribution in [-0.2, 0) is 7.05 Å². The minimum absolute atomic E-state index is 0.0428. The van der Waals surface area contributed by atoms with Crippen LogP contribution in [0.5, 0.6) is 0 Å². The van der Waals surface area contributed by atoms with Gasteiger partial charge in [0.15, 0.2) is 0 Å². The lowest BCUT2D eigenvalue weighted by Crippen LogP contribution is -2.27. The van der Waals surface area contributed by atoms with Crippen molar-refractivity contribution in [1.29, 1.82) is 0 Å². The van der Waals surface area contributed by atoms with Gasteiger partial charge in [-0.2, -0.15) is 0 Å². The van der Waals surface area contributed by atoms with E-state index >= 15 is 0 Å². The molecule has 4 heteroatoms. The van der Waals surface area contributed by atoms with E-state index in [0.29, 0.717) is 0 Å². The summed E-state index contributed by atoms with van der Waals surface area (Å²) in [5, 5.41) is 0. The van der Waals surface area contributed by atoms with Crippen molar-refractivity contribution >= 4 is 21.7 Å². The van der Waals surface area contributed by atoms with Crippen molar-refractivity contribution in [2.45, 2.75) is 12.8 Å². The molecule has 76 valence electrons. The molecule has 0 radical (unpaired) electrons. The molecule has 0 spiro atoms. The maximum atomic E-state index is 11.5. The van der Waals surface area contributed by atoms with Gasteiger partial charge in [-0.1, -0.05) is 15.9 Å². The van der Waals surface area contributed by atoms with E-state index in [-0.39, 0.29) is 5.56 Å². The number of aromatic nitrogens is 1. The van der Waals surface area contributed by atoms with Crippen molar-refractivity contribution in [2.24, 2.45) is 7.05 Å². The Morgan fingerprint density at radius 1 is 1.29 bits per heavy atom. The normalized spacial score (nSPS) is 16.3. The van der Waals surface area contributed by atoms with Gasteiger partial charge in [-0.25, -0.2) is 0 Å². The monoisotopic (exact) mass is 256 g/mol. The lowest BCUT2D eigenvalue weighted by atomic mass is 10.4. The number of pyridine rings is 1. The third kappa shape index (κ3) is 1.71. The maximum absolute atomic E-state index is 11.5. The second kappa shape index (κ2) is 3.77. The zero-order chi connectivity index (χ0) is 10.1. The van der Waals surface area contributed by atoms with Crippen LogP contribution in [0.2, 0.25) is 0 Å². The number of anilines is 1. The summed E-state index contributed by atoms with van der Waals surface area (Å²) in [6.45, 7) is 2.12. The Morgan fingerprint density at radius 2 is 1.93 bits per heavy atom. The maximum Gasteiger partial charge on any atom is 0.252 e. The molecule has 0 aromatic carbocycles. The minimum atomic E-state index is 0.0428. The highest BCUT2D eigenvalue weighted by molar-refractivity contribution is 9.10. The first-order chi connectivity index (χ1) is 6.68. The van der Waals surface area contributed by atoms with Gasteiger partial charge in [0.05, 0.1) is 0 Å². The molecule has 1 aromatic heterocycles. The van der Waals surface area contributed by atoms with Crippen LogP contribution < -0.4 is 10.5 Å². The molecule has 3 nitrogen and oxygen atoms in total. The summed E-state index contributed by atoms with van der Waals surface area (Å²) in [6.07, 6.45) is 2.45. The second-order valence-corrected chi connectivity index (χ2v) is 4.54. The fourth-order valence-corrected chi connectivity index (χ4v) is 2.24. The SMILES string of the molecule is Cn1c(N2CCCC2)cc(Br)cc1=O. The molecule has 0 bridgehead atoms. The highest BCUT2D eigenvalue weighted by Gasteiger charge is 2.15. The molecule has 0 N–H and O–H groups in total. The predicted molar refractivity (Wildman–Crippen MR) is 60.8 cm³/mol. The number of halogens is 1. The van der Waals surface area contributed by atoms with E-state index in [1.54, 1.807) is 10.6 Å². The molecule has 2 rings (SSSR count). The van der Waals surface area contributed by atoms with Crippen molar-refractivity contribution in [3.05, 3.63) is 27.0 Å². The molecule has 1 aromatic rings. The van der Waals surface area contributed by atoms with Gasteiger partial charge in [0.1, 0.15) is 5.82 Å². The van der Waals surface area contributed by atoms with Crippen LogP contribution in [0.3, 0.4) is 0 Å². The van der Waals surface area contributed by atoms with Crippen LogP contribution >= 0.6 is 15.9 Å². The van der Waals surface area contributed by atoms with Gasteiger partial charge in [-0.05, 0) is 18.9 Å². The lowest BCUT2D eigenvalue weighted by molar-refractivity contribution is 0.798. The number of hydrogen-bond acceptors (Lipinski definition) is 2. The van der Waals surface area contributed by atoms with Gasteiger partial charge in [0.25, 0.3) is 5.56 Å². The molecule has 1 saturated heterocycles.